The van der Waals surface area contributed by atoms with Crippen LogP contribution in [0.3, 0.4) is 0 Å². The number of nitrogens with one attached hydrogen (secondary N) is 1. The predicted octanol–water partition coefficient (Wildman–Crippen LogP) is 1.89. The fraction of sp³-hybridized carbons (Fsp3) is 0.333. The topological polar surface area (TPSA) is 107 Å². The zero-order chi connectivity index (χ0) is 16.0. The van der Waals surface area contributed by atoms with Crippen LogP contribution >= 0.6 is 0 Å². The number of hydrogen-bond acceptors (Lipinski definition) is 3. The number of hydrogen-bond donors (Lipinski definition) is 3. The Balaban J connectivity index is 2.77. The lowest BCUT2D eigenvalue weighted by atomic mass is 10.1. The number of rotatable bonds is 8. The van der Waals surface area contributed by atoms with Gasteiger partial charge in [-0.05, 0) is 31.8 Å². The maximum Gasteiger partial charge on any atom is 0.328 e. The summed E-state index contributed by atoms with van der Waals surface area (Å²) in [6, 6.07) is -0.128. The average Bonchev–Trinajstić information content (AvgIpc) is 2.73. The van der Waals surface area contributed by atoms with Crippen molar-refractivity contribution in [3.63, 3.8) is 0 Å². The number of nitrogens with zero attached hydrogens (tertiary/aromatic N) is 1. The minimum Gasteiger partial charge on any atom is -0.383 e. The van der Waals surface area contributed by atoms with E-state index in [9.17, 15) is 9.59 Å². The number of nitrogens with two attached hydrogens (primary N) is 2. The van der Waals surface area contributed by atoms with Crippen molar-refractivity contribution in [1.82, 2.24) is 9.55 Å². The summed E-state index contributed by atoms with van der Waals surface area (Å²) in [7, 11) is 0. The van der Waals surface area contributed by atoms with Crippen LogP contribution in [0.15, 0.2) is 41.8 Å². The third-order valence-electron chi connectivity index (χ3n) is 3.34. The molecule has 0 aliphatic heterocycles. The number of nitrogen functional groups attached to an aromatic ring is 1. The van der Waals surface area contributed by atoms with E-state index in [2.05, 4.69) is 18.1 Å². The van der Waals surface area contributed by atoms with Crippen molar-refractivity contribution in [2.75, 3.05) is 5.73 Å². The average molecular weight is 290 g/mol. The predicted molar refractivity (Wildman–Crippen MR) is 85.0 cm³/mol. The highest BCUT2D eigenvalue weighted by Crippen LogP contribution is 2.20. The Bertz CT molecular complexity index is 622. The van der Waals surface area contributed by atoms with Crippen LogP contribution in [0.1, 0.15) is 42.7 Å². The molecule has 0 aliphatic rings. The molecule has 1 rings (SSSR count). The molecule has 0 fully saturated rings. The SMILES string of the molecule is C=C/C=C(\C=C)CCCC(C)n1c(N)c(C(N)=O)[nH]c1=O. The van der Waals surface area contributed by atoms with Crippen molar-refractivity contribution in [2.24, 2.45) is 5.73 Å². The molecule has 1 aromatic heterocycles. The fourth-order valence-electron chi connectivity index (χ4n) is 2.22. The van der Waals surface area contributed by atoms with Crippen molar-refractivity contribution in [3.05, 3.63) is 53.1 Å². The zero-order valence-corrected chi connectivity index (χ0v) is 12.3. The first-order valence-electron chi connectivity index (χ1n) is 6.76. The van der Waals surface area contributed by atoms with Gasteiger partial charge in [-0.1, -0.05) is 31.4 Å². The van der Waals surface area contributed by atoms with Crippen molar-refractivity contribution >= 4 is 11.7 Å². The summed E-state index contributed by atoms with van der Waals surface area (Å²) >= 11 is 0. The van der Waals surface area contributed by atoms with Gasteiger partial charge in [0.1, 0.15) is 11.5 Å². The minimum atomic E-state index is -0.738. The van der Waals surface area contributed by atoms with Gasteiger partial charge in [-0.2, -0.15) is 0 Å². The Kier molecular flexibility index (Phi) is 5.78. The third kappa shape index (κ3) is 3.98. The van der Waals surface area contributed by atoms with Crippen LogP contribution in [-0.4, -0.2) is 15.5 Å². The van der Waals surface area contributed by atoms with Crippen LogP contribution in [-0.2, 0) is 0 Å². The number of allylic oxidation sites excluding steroid dienone is 4. The van der Waals surface area contributed by atoms with Crippen LogP contribution in [0, 0.1) is 0 Å². The van der Waals surface area contributed by atoms with Gasteiger partial charge >= 0.3 is 5.69 Å². The molecule has 6 nitrogen and oxygen atoms in total. The standard InChI is InChI=1S/C15H22N4O2/c1-4-7-11(5-2)9-6-8-10(3)19-13(16)12(14(17)20)18-15(19)21/h4-5,7,10H,1-2,6,8-9,16H2,3H3,(H2,17,20)(H,18,21)/b11-7+. The van der Waals surface area contributed by atoms with E-state index >= 15 is 0 Å². The Morgan fingerprint density at radius 1 is 1.48 bits per heavy atom. The first-order valence-corrected chi connectivity index (χ1v) is 6.76. The number of imidazole rings is 1. The second-order valence-corrected chi connectivity index (χ2v) is 4.85. The summed E-state index contributed by atoms with van der Waals surface area (Å²) in [5.41, 5.74) is 11.6. The lowest BCUT2D eigenvalue weighted by Gasteiger charge is -2.14. The molecule has 1 amide bonds. The van der Waals surface area contributed by atoms with Gasteiger partial charge in [0.15, 0.2) is 0 Å². The van der Waals surface area contributed by atoms with Gasteiger partial charge in [0, 0.05) is 6.04 Å². The zero-order valence-electron chi connectivity index (χ0n) is 12.3. The smallest absolute Gasteiger partial charge is 0.328 e. The summed E-state index contributed by atoms with van der Waals surface area (Å²) < 4.78 is 1.37. The van der Waals surface area contributed by atoms with Crippen LogP contribution < -0.4 is 17.2 Å². The molecule has 5 N–H and O–H groups in total. The molecule has 21 heavy (non-hydrogen) atoms. The number of amides is 1. The molecule has 6 heteroatoms. The Hall–Kier alpha value is -2.50. The largest absolute Gasteiger partial charge is 0.383 e. The van der Waals surface area contributed by atoms with Crippen LogP contribution in [0.25, 0.3) is 0 Å². The Labute approximate surface area is 123 Å². The van der Waals surface area contributed by atoms with Crippen LogP contribution in [0.2, 0.25) is 0 Å². The Morgan fingerprint density at radius 2 is 2.14 bits per heavy atom. The van der Waals surface area contributed by atoms with Gasteiger partial charge in [-0.3, -0.25) is 14.3 Å². The van der Waals surface area contributed by atoms with Crippen LogP contribution in [0.4, 0.5) is 5.82 Å². The molecular weight excluding hydrogens is 268 g/mol. The molecule has 1 heterocycles. The Morgan fingerprint density at radius 3 is 2.62 bits per heavy atom. The highest BCUT2D eigenvalue weighted by atomic mass is 16.2. The van der Waals surface area contributed by atoms with Gasteiger partial charge in [0.2, 0.25) is 0 Å². The van der Waals surface area contributed by atoms with Crippen molar-refractivity contribution in [3.8, 4) is 0 Å². The molecule has 0 spiro atoms. The van der Waals surface area contributed by atoms with Gasteiger partial charge < -0.3 is 11.5 Å². The maximum absolute atomic E-state index is 11.8. The fourth-order valence-corrected chi connectivity index (χ4v) is 2.22. The number of carbonyl (C=O) groups excluding carboxylic acids is 1. The quantitative estimate of drug-likeness (QED) is 0.636. The van der Waals surface area contributed by atoms with Gasteiger partial charge in [0.05, 0.1) is 0 Å². The van der Waals surface area contributed by atoms with E-state index in [-0.39, 0.29) is 17.6 Å². The second-order valence-electron chi connectivity index (χ2n) is 4.85. The van der Waals surface area contributed by atoms with E-state index < -0.39 is 11.6 Å². The summed E-state index contributed by atoms with van der Waals surface area (Å²) in [5.74, 6) is -0.649. The highest BCUT2D eigenvalue weighted by molar-refractivity contribution is 5.95. The van der Waals surface area contributed by atoms with E-state index in [1.54, 1.807) is 12.2 Å². The van der Waals surface area contributed by atoms with E-state index in [0.717, 1.165) is 24.8 Å². The second kappa shape index (κ2) is 7.33. The third-order valence-corrected chi connectivity index (χ3v) is 3.34. The van der Waals surface area contributed by atoms with Gasteiger partial charge in [-0.25, -0.2) is 4.79 Å². The summed E-state index contributed by atoms with van der Waals surface area (Å²) in [6.07, 6.45) is 7.84. The van der Waals surface area contributed by atoms with Gasteiger partial charge in [-0.15, -0.1) is 0 Å². The number of anilines is 1. The normalized spacial score (nSPS) is 12.9. The van der Waals surface area contributed by atoms with Crippen molar-refractivity contribution in [2.45, 2.75) is 32.2 Å². The maximum atomic E-state index is 11.8. The van der Waals surface area contributed by atoms with E-state index in [1.807, 2.05) is 13.0 Å². The molecule has 0 saturated carbocycles. The molecule has 0 aliphatic carbocycles. The number of aromatic amines is 1. The summed E-state index contributed by atoms with van der Waals surface area (Å²) in [5, 5.41) is 0. The molecule has 0 bridgehead atoms. The van der Waals surface area contributed by atoms with E-state index in [0.29, 0.717) is 0 Å². The van der Waals surface area contributed by atoms with Crippen LogP contribution in [0.5, 0.6) is 0 Å². The van der Waals surface area contributed by atoms with Crippen molar-refractivity contribution in [1.29, 1.82) is 0 Å². The minimum absolute atomic E-state index is 0.0369. The molecule has 114 valence electrons. The lowest BCUT2D eigenvalue weighted by molar-refractivity contribution is 0.0996. The van der Waals surface area contributed by atoms with E-state index in [1.165, 1.54) is 4.57 Å². The van der Waals surface area contributed by atoms with E-state index in [4.69, 9.17) is 11.5 Å². The molecule has 1 aromatic rings. The van der Waals surface area contributed by atoms with Crippen molar-refractivity contribution < 1.29 is 4.79 Å². The summed E-state index contributed by atoms with van der Waals surface area (Å²) in [6.45, 7) is 9.26. The number of H-pyrrole nitrogens is 1. The molecule has 0 radical (unpaired) electrons. The number of aromatic nitrogens is 2. The van der Waals surface area contributed by atoms with Gasteiger partial charge in [0.25, 0.3) is 5.91 Å². The first kappa shape index (κ1) is 16.6. The highest BCUT2D eigenvalue weighted by Gasteiger charge is 2.18. The molecule has 0 saturated heterocycles. The molecular formula is C15H22N4O2. The number of primary amides is 1. The lowest BCUT2D eigenvalue weighted by Crippen LogP contribution is -2.22. The number of carbonyl (C=O) groups is 1. The monoisotopic (exact) mass is 290 g/mol. The first-order chi connectivity index (χ1) is 9.92. The molecule has 1 atom stereocenters. The summed E-state index contributed by atoms with van der Waals surface area (Å²) in [4.78, 5) is 25.4. The molecule has 1 unspecified atom stereocenters. The molecule has 0 aromatic carbocycles.